The molecule has 7 heteroatoms. The molecule has 0 aliphatic carbocycles. The van der Waals surface area contributed by atoms with Crippen molar-refractivity contribution in [1.29, 1.82) is 0 Å². The highest BCUT2D eigenvalue weighted by Crippen LogP contribution is 2.19. The Labute approximate surface area is 108 Å². The number of carboxylic acids is 1. The van der Waals surface area contributed by atoms with Crippen molar-refractivity contribution < 1.29 is 23.9 Å². The van der Waals surface area contributed by atoms with Crippen LogP contribution in [0.5, 0.6) is 0 Å². The van der Waals surface area contributed by atoms with Crippen LogP contribution < -0.4 is 5.32 Å². The van der Waals surface area contributed by atoms with Gasteiger partial charge in [-0.2, -0.15) is 0 Å². The third-order valence-corrected chi connectivity index (χ3v) is 2.43. The van der Waals surface area contributed by atoms with E-state index in [1.54, 1.807) is 0 Å². The number of carbonyl (C=O) groups is 3. The summed E-state index contributed by atoms with van der Waals surface area (Å²) >= 11 is 0. The summed E-state index contributed by atoms with van der Waals surface area (Å²) in [7, 11) is 1.40. The normalized spacial score (nSPS) is 9.84. The number of carbonyl (C=O) groups excluding carboxylic acids is 2. The largest absolute Gasteiger partial charge is 0.478 e. The number of halogens is 1. The van der Waals surface area contributed by atoms with E-state index in [2.05, 4.69) is 5.32 Å². The Balaban J connectivity index is 2.90. The zero-order valence-corrected chi connectivity index (χ0v) is 10.4. The van der Waals surface area contributed by atoms with Crippen LogP contribution in [0.4, 0.5) is 10.1 Å². The number of nitrogens with zero attached hydrogens (tertiary/aromatic N) is 1. The van der Waals surface area contributed by atoms with E-state index in [1.807, 2.05) is 0 Å². The van der Waals surface area contributed by atoms with Gasteiger partial charge in [0.1, 0.15) is 5.82 Å². The Morgan fingerprint density at radius 1 is 1.37 bits per heavy atom. The molecule has 0 atom stereocenters. The van der Waals surface area contributed by atoms with E-state index in [0.717, 1.165) is 11.0 Å². The van der Waals surface area contributed by atoms with E-state index in [0.29, 0.717) is 0 Å². The predicted molar refractivity (Wildman–Crippen MR) is 65.3 cm³/mol. The van der Waals surface area contributed by atoms with Crippen LogP contribution in [0.3, 0.4) is 0 Å². The second-order valence-corrected chi connectivity index (χ2v) is 3.89. The van der Waals surface area contributed by atoms with Gasteiger partial charge in [0.15, 0.2) is 0 Å². The molecular formula is C12H13FN2O4. The molecule has 6 nitrogen and oxygen atoms in total. The van der Waals surface area contributed by atoms with E-state index in [4.69, 9.17) is 5.11 Å². The maximum atomic E-state index is 13.5. The summed E-state index contributed by atoms with van der Waals surface area (Å²) in [6.07, 6.45) is 0. The van der Waals surface area contributed by atoms with Crippen molar-refractivity contribution in [3.8, 4) is 0 Å². The predicted octanol–water partition coefficient (Wildman–Crippen LogP) is 0.941. The lowest BCUT2D eigenvalue weighted by atomic mass is 10.1. The van der Waals surface area contributed by atoms with E-state index in [1.165, 1.54) is 26.1 Å². The zero-order chi connectivity index (χ0) is 14.6. The Morgan fingerprint density at radius 3 is 2.53 bits per heavy atom. The molecule has 0 aliphatic heterocycles. The summed E-state index contributed by atoms with van der Waals surface area (Å²) < 4.78 is 13.5. The van der Waals surface area contributed by atoms with Crippen LogP contribution in [0.15, 0.2) is 18.2 Å². The molecule has 0 bridgehead atoms. The van der Waals surface area contributed by atoms with Crippen LogP contribution >= 0.6 is 0 Å². The van der Waals surface area contributed by atoms with E-state index in [-0.39, 0.29) is 18.0 Å². The van der Waals surface area contributed by atoms with Gasteiger partial charge in [0.25, 0.3) is 0 Å². The fourth-order valence-electron chi connectivity index (χ4n) is 1.34. The number of nitrogens with one attached hydrogen (secondary N) is 1. The van der Waals surface area contributed by atoms with Crippen molar-refractivity contribution >= 4 is 23.5 Å². The number of para-hydroxylation sites is 1. The van der Waals surface area contributed by atoms with Gasteiger partial charge in [-0.15, -0.1) is 0 Å². The van der Waals surface area contributed by atoms with E-state index >= 15 is 0 Å². The van der Waals surface area contributed by atoms with Crippen molar-refractivity contribution in [3.63, 3.8) is 0 Å². The zero-order valence-electron chi connectivity index (χ0n) is 10.4. The number of benzene rings is 1. The lowest BCUT2D eigenvalue weighted by molar-refractivity contribution is -0.131. The first-order valence-corrected chi connectivity index (χ1v) is 5.36. The van der Waals surface area contributed by atoms with Crippen LogP contribution in [-0.4, -0.2) is 41.4 Å². The van der Waals surface area contributed by atoms with Crippen LogP contribution in [0.1, 0.15) is 17.3 Å². The second-order valence-electron chi connectivity index (χ2n) is 3.89. The minimum absolute atomic E-state index is 0.289. The minimum Gasteiger partial charge on any atom is -0.478 e. The Morgan fingerprint density at radius 2 is 2.00 bits per heavy atom. The van der Waals surface area contributed by atoms with Gasteiger partial charge in [0, 0.05) is 14.0 Å². The van der Waals surface area contributed by atoms with Gasteiger partial charge in [0.05, 0.1) is 17.8 Å². The van der Waals surface area contributed by atoms with Crippen molar-refractivity contribution in [2.45, 2.75) is 6.92 Å². The molecule has 0 aromatic heterocycles. The molecular weight excluding hydrogens is 255 g/mol. The average Bonchev–Trinajstić information content (AvgIpc) is 2.31. The van der Waals surface area contributed by atoms with Gasteiger partial charge in [-0.05, 0) is 12.1 Å². The van der Waals surface area contributed by atoms with Crippen LogP contribution in [0, 0.1) is 5.82 Å². The average molecular weight is 268 g/mol. The van der Waals surface area contributed by atoms with E-state index < -0.39 is 23.4 Å². The molecule has 2 amide bonds. The van der Waals surface area contributed by atoms with Crippen molar-refractivity contribution in [2.24, 2.45) is 0 Å². The summed E-state index contributed by atoms with van der Waals surface area (Å²) in [6, 6.07) is 3.45. The van der Waals surface area contributed by atoms with Gasteiger partial charge in [0.2, 0.25) is 11.8 Å². The lowest BCUT2D eigenvalue weighted by Gasteiger charge is -2.15. The Kier molecular flexibility index (Phi) is 4.57. The maximum Gasteiger partial charge on any atom is 0.337 e. The first kappa shape index (κ1) is 14.6. The monoisotopic (exact) mass is 268 g/mol. The summed E-state index contributed by atoms with van der Waals surface area (Å²) in [6.45, 7) is 0.988. The number of amides is 2. The van der Waals surface area contributed by atoms with Crippen LogP contribution in [-0.2, 0) is 9.59 Å². The number of hydrogen-bond acceptors (Lipinski definition) is 3. The topological polar surface area (TPSA) is 86.7 Å². The molecule has 0 heterocycles. The Hall–Kier alpha value is -2.44. The van der Waals surface area contributed by atoms with Crippen LogP contribution in [0.25, 0.3) is 0 Å². The van der Waals surface area contributed by atoms with Crippen molar-refractivity contribution in [1.82, 2.24) is 4.90 Å². The van der Waals surface area contributed by atoms with Gasteiger partial charge in [-0.1, -0.05) is 6.07 Å². The summed E-state index contributed by atoms with van der Waals surface area (Å²) in [5.74, 6) is -3.21. The summed E-state index contributed by atoms with van der Waals surface area (Å²) in [5.41, 5.74) is -0.754. The number of rotatable bonds is 4. The molecule has 0 saturated heterocycles. The number of carboxylic acid groups (broad SMARTS) is 1. The first-order valence-electron chi connectivity index (χ1n) is 5.36. The molecule has 0 spiro atoms. The molecule has 19 heavy (non-hydrogen) atoms. The Bertz CT molecular complexity index is 530. The highest BCUT2D eigenvalue weighted by molar-refractivity contribution is 6.01. The van der Waals surface area contributed by atoms with Gasteiger partial charge in [-0.3, -0.25) is 9.59 Å². The number of hydrogen-bond donors (Lipinski definition) is 2. The quantitative estimate of drug-likeness (QED) is 0.850. The van der Waals surface area contributed by atoms with Crippen LogP contribution in [0.2, 0.25) is 0 Å². The summed E-state index contributed by atoms with van der Waals surface area (Å²) in [4.78, 5) is 34.6. The first-order chi connectivity index (χ1) is 8.82. The van der Waals surface area contributed by atoms with Gasteiger partial charge >= 0.3 is 5.97 Å². The van der Waals surface area contributed by atoms with Crippen molar-refractivity contribution in [3.05, 3.63) is 29.6 Å². The summed E-state index contributed by atoms with van der Waals surface area (Å²) in [5, 5.41) is 11.0. The molecule has 0 radical (unpaired) electrons. The number of aromatic carboxylic acids is 1. The molecule has 1 aromatic carbocycles. The SMILES string of the molecule is CC(=O)N(C)CC(=O)Nc1c(F)cccc1C(=O)O. The highest BCUT2D eigenvalue weighted by Gasteiger charge is 2.17. The minimum atomic E-state index is -1.35. The lowest BCUT2D eigenvalue weighted by Crippen LogP contribution is -2.33. The molecule has 0 unspecified atom stereocenters. The molecule has 1 aromatic rings. The molecule has 0 aliphatic rings. The second kappa shape index (κ2) is 5.94. The maximum absolute atomic E-state index is 13.5. The van der Waals surface area contributed by atoms with Gasteiger partial charge in [-0.25, -0.2) is 9.18 Å². The molecule has 2 N–H and O–H groups in total. The third-order valence-electron chi connectivity index (χ3n) is 2.43. The highest BCUT2D eigenvalue weighted by atomic mass is 19.1. The molecule has 0 fully saturated rings. The molecule has 0 saturated carbocycles. The fraction of sp³-hybridized carbons (Fsp3) is 0.250. The van der Waals surface area contributed by atoms with E-state index in [9.17, 15) is 18.8 Å². The standard InChI is InChI=1S/C12H13FN2O4/c1-7(16)15(2)6-10(17)14-11-8(12(18)19)4-3-5-9(11)13/h3-5H,6H2,1-2H3,(H,14,17)(H,18,19). The van der Waals surface area contributed by atoms with Crippen molar-refractivity contribution in [2.75, 3.05) is 18.9 Å². The smallest absolute Gasteiger partial charge is 0.337 e. The number of likely N-dealkylation sites (N-methyl/N-ethyl adjacent to an activating group) is 1. The third kappa shape index (κ3) is 3.77. The molecule has 102 valence electrons. The molecule has 1 rings (SSSR count). The van der Waals surface area contributed by atoms with Gasteiger partial charge < -0.3 is 15.3 Å². The number of anilines is 1. The fourth-order valence-corrected chi connectivity index (χ4v) is 1.34.